The van der Waals surface area contributed by atoms with Gasteiger partial charge in [-0.2, -0.15) is 0 Å². The van der Waals surface area contributed by atoms with Crippen LogP contribution in [-0.4, -0.2) is 35.3 Å². The van der Waals surface area contributed by atoms with Crippen molar-refractivity contribution in [3.8, 4) is 0 Å². The highest BCUT2D eigenvalue weighted by molar-refractivity contribution is 5.87. The zero-order valence-electron chi connectivity index (χ0n) is 14.1. The predicted octanol–water partition coefficient (Wildman–Crippen LogP) is 2.77. The number of nitrogens with one attached hydrogen (secondary N) is 1. The van der Waals surface area contributed by atoms with Crippen molar-refractivity contribution in [3.05, 3.63) is 35.9 Å². The third-order valence-electron chi connectivity index (χ3n) is 3.60. The quantitative estimate of drug-likeness (QED) is 0.803. The van der Waals surface area contributed by atoms with E-state index in [0.29, 0.717) is 19.4 Å². The fraction of sp³-hybridized carbons (Fsp3) is 0.556. The Morgan fingerprint density at radius 1 is 1.14 bits per heavy atom. The summed E-state index contributed by atoms with van der Waals surface area (Å²) in [6, 6.07) is 9.73. The lowest BCUT2D eigenvalue weighted by atomic mass is 10.1. The third kappa shape index (κ3) is 5.51. The van der Waals surface area contributed by atoms with E-state index in [0.717, 1.165) is 6.42 Å². The highest BCUT2D eigenvalue weighted by Gasteiger charge is 2.27. The van der Waals surface area contributed by atoms with Gasteiger partial charge in [0.1, 0.15) is 6.04 Å². The largest absolute Gasteiger partial charge is 0.352 e. The van der Waals surface area contributed by atoms with Gasteiger partial charge >= 0.3 is 0 Å². The highest BCUT2D eigenvalue weighted by Crippen LogP contribution is 2.10. The maximum atomic E-state index is 12.4. The fourth-order valence-electron chi connectivity index (χ4n) is 2.48. The Labute approximate surface area is 133 Å². The summed E-state index contributed by atoms with van der Waals surface area (Å²) in [6.45, 7) is 8.22. The van der Waals surface area contributed by atoms with Crippen molar-refractivity contribution < 1.29 is 9.59 Å². The lowest BCUT2D eigenvalue weighted by molar-refractivity contribution is -0.140. The van der Waals surface area contributed by atoms with Gasteiger partial charge in [0.25, 0.3) is 0 Å². The standard InChI is InChI=1S/C18H28N2O2/c1-5-16(18(22)19-14(3)4)20(17(21)6-2)13-12-15-10-8-7-9-11-15/h7-11,14,16H,5-6,12-13H2,1-4H3,(H,19,22)/t16-/m1/s1. The number of carbonyl (C=O) groups is 2. The molecule has 4 heteroatoms. The molecule has 122 valence electrons. The van der Waals surface area contributed by atoms with E-state index in [1.807, 2.05) is 58.0 Å². The van der Waals surface area contributed by atoms with Crippen LogP contribution in [0.2, 0.25) is 0 Å². The Bertz CT molecular complexity index is 471. The molecular formula is C18H28N2O2. The molecule has 4 nitrogen and oxygen atoms in total. The molecule has 0 aliphatic rings. The first-order valence-electron chi connectivity index (χ1n) is 8.13. The van der Waals surface area contributed by atoms with Gasteiger partial charge in [-0.25, -0.2) is 0 Å². The van der Waals surface area contributed by atoms with Crippen molar-refractivity contribution >= 4 is 11.8 Å². The van der Waals surface area contributed by atoms with Gasteiger partial charge in [-0.3, -0.25) is 9.59 Å². The van der Waals surface area contributed by atoms with Gasteiger partial charge in [0.2, 0.25) is 11.8 Å². The second-order valence-corrected chi connectivity index (χ2v) is 5.76. The summed E-state index contributed by atoms with van der Waals surface area (Å²) < 4.78 is 0. The van der Waals surface area contributed by atoms with E-state index in [2.05, 4.69) is 5.32 Å². The Balaban J connectivity index is 2.81. The van der Waals surface area contributed by atoms with Crippen LogP contribution in [0.3, 0.4) is 0 Å². The number of carbonyl (C=O) groups excluding carboxylic acids is 2. The zero-order valence-corrected chi connectivity index (χ0v) is 14.1. The van der Waals surface area contributed by atoms with Gasteiger partial charge in [0.05, 0.1) is 0 Å². The first kappa shape index (κ1) is 18.2. The van der Waals surface area contributed by atoms with Crippen LogP contribution in [0, 0.1) is 0 Å². The molecule has 0 bridgehead atoms. The molecule has 0 unspecified atom stereocenters. The SMILES string of the molecule is CCC(=O)N(CCc1ccccc1)[C@H](CC)C(=O)NC(C)C. The minimum Gasteiger partial charge on any atom is -0.352 e. The van der Waals surface area contributed by atoms with Gasteiger partial charge in [-0.05, 0) is 32.3 Å². The molecule has 2 amide bonds. The number of rotatable bonds is 8. The Hall–Kier alpha value is -1.84. The van der Waals surface area contributed by atoms with Gasteiger partial charge in [-0.15, -0.1) is 0 Å². The minimum absolute atomic E-state index is 0.0293. The second-order valence-electron chi connectivity index (χ2n) is 5.76. The van der Waals surface area contributed by atoms with Crippen LogP contribution in [0.4, 0.5) is 0 Å². The number of hydrogen-bond donors (Lipinski definition) is 1. The molecule has 22 heavy (non-hydrogen) atoms. The van der Waals surface area contributed by atoms with E-state index in [1.165, 1.54) is 5.56 Å². The summed E-state index contributed by atoms with van der Waals surface area (Å²) in [5.41, 5.74) is 1.18. The Morgan fingerprint density at radius 3 is 2.27 bits per heavy atom. The van der Waals surface area contributed by atoms with Crippen molar-refractivity contribution in [1.82, 2.24) is 10.2 Å². The number of amides is 2. The summed E-state index contributed by atoms with van der Waals surface area (Å²) in [7, 11) is 0. The maximum absolute atomic E-state index is 12.4. The van der Waals surface area contributed by atoms with Crippen LogP contribution in [0.1, 0.15) is 46.1 Å². The second kappa shape index (κ2) is 9.23. The van der Waals surface area contributed by atoms with Crippen LogP contribution < -0.4 is 5.32 Å². The minimum atomic E-state index is -0.390. The Kier molecular flexibility index (Phi) is 7.64. The molecule has 0 saturated carbocycles. The summed E-state index contributed by atoms with van der Waals surface area (Å²) in [5.74, 6) is -0.0333. The van der Waals surface area contributed by atoms with Gasteiger partial charge in [-0.1, -0.05) is 44.2 Å². The van der Waals surface area contributed by atoms with Crippen LogP contribution in [0.25, 0.3) is 0 Å². The van der Waals surface area contributed by atoms with E-state index < -0.39 is 6.04 Å². The summed E-state index contributed by atoms with van der Waals surface area (Å²) in [6.07, 6.45) is 1.80. The first-order valence-corrected chi connectivity index (χ1v) is 8.13. The zero-order chi connectivity index (χ0) is 16.5. The number of hydrogen-bond acceptors (Lipinski definition) is 2. The normalized spacial score (nSPS) is 12.0. The lowest BCUT2D eigenvalue weighted by Gasteiger charge is -2.31. The molecule has 1 aromatic rings. The van der Waals surface area contributed by atoms with Gasteiger partial charge in [0, 0.05) is 19.0 Å². The van der Waals surface area contributed by atoms with Crippen LogP contribution in [0.15, 0.2) is 30.3 Å². The molecule has 1 aromatic carbocycles. The molecule has 0 radical (unpaired) electrons. The lowest BCUT2D eigenvalue weighted by Crippen LogP contribution is -2.51. The number of nitrogens with zero attached hydrogens (tertiary/aromatic N) is 1. The van der Waals surface area contributed by atoms with E-state index in [4.69, 9.17) is 0 Å². The van der Waals surface area contributed by atoms with E-state index in [1.54, 1.807) is 4.90 Å². The smallest absolute Gasteiger partial charge is 0.242 e. The van der Waals surface area contributed by atoms with Crippen LogP contribution >= 0.6 is 0 Å². The molecule has 0 fully saturated rings. The van der Waals surface area contributed by atoms with Gasteiger partial charge < -0.3 is 10.2 Å². The summed E-state index contributed by atoms with van der Waals surface area (Å²) in [4.78, 5) is 26.3. The molecule has 1 rings (SSSR count). The molecule has 0 spiro atoms. The topological polar surface area (TPSA) is 49.4 Å². The van der Waals surface area contributed by atoms with Crippen LogP contribution in [0.5, 0.6) is 0 Å². The highest BCUT2D eigenvalue weighted by atomic mass is 16.2. The van der Waals surface area contributed by atoms with Crippen molar-refractivity contribution in [2.45, 2.75) is 59.0 Å². The van der Waals surface area contributed by atoms with E-state index in [9.17, 15) is 9.59 Å². The predicted molar refractivity (Wildman–Crippen MR) is 89.5 cm³/mol. The summed E-state index contributed by atoms with van der Waals surface area (Å²) in [5, 5.41) is 2.92. The molecular weight excluding hydrogens is 276 g/mol. The van der Waals surface area contributed by atoms with Crippen molar-refractivity contribution in [1.29, 1.82) is 0 Å². The third-order valence-corrected chi connectivity index (χ3v) is 3.60. The molecule has 0 saturated heterocycles. The number of benzene rings is 1. The molecule has 1 N–H and O–H groups in total. The van der Waals surface area contributed by atoms with Crippen molar-refractivity contribution in [2.24, 2.45) is 0 Å². The van der Waals surface area contributed by atoms with E-state index >= 15 is 0 Å². The van der Waals surface area contributed by atoms with Crippen molar-refractivity contribution in [3.63, 3.8) is 0 Å². The fourth-order valence-corrected chi connectivity index (χ4v) is 2.48. The molecule has 1 atom stereocenters. The maximum Gasteiger partial charge on any atom is 0.242 e. The Morgan fingerprint density at radius 2 is 1.77 bits per heavy atom. The monoisotopic (exact) mass is 304 g/mol. The molecule has 0 heterocycles. The van der Waals surface area contributed by atoms with Gasteiger partial charge in [0.15, 0.2) is 0 Å². The first-order chi connectivity index (χ1) is 10.5. The summed E-state index contributed by atoms with van der Waals surface area (Å²) >= 11 is 0. The average molecular weight is 304 g/mol. The van der Waals surface area contributed by atoms with Crippen molar-refractivity contribution in [2.75, 3.05) is 6.54 Å². The van der Waals surface area contributed by atoms with E-state index in [-0.39, 0.29) is 17.9 Å². The average Bonchev–Trinajstić information content (AvgIpc) is 2.50. The van der Waals surface area contributed by atoms with Crippen LogP contribution in [-0.2, 0) is 16.0 Å². The molecule has 0 aromatic heterocycles. The molecule has 0 aliphatic heterocycles. The molecule has 0 aliphatic carbocycles.